The van der Waals surface area contributed by atoms with Crippen molar-refractivity contribution in [2.45, 2.75) is 39.0 Å². The third-order valence-corrected chi connectivity index (χ3v) is 3.87. The molecule has 2 unspecified atom stereocenters. The number of carbonyl (C=O) groups is 2. The fourth-order valence-electron chi connectivity index (χ4n) is 2.71. The van der Waals surface area contributed by atoms with Crippen LogP contribution in [0.1, 0.15) is 26.7 Å². The molecule has 21 heavy (non-hydrogen) atoms. The van der Waals surface area contributed by atoms with Crippen LogP contribution >= 0.6 is 0 Å². The van der Waals surface area contributed by atoms with Gasteiger partial charge in [0.25, 0.3) is 0 Å². The van der Waals surface area contributed by atoms with Gasteiger partial charge in [0.1, 0.15) is 0 Å². The normalized spacial score (nSPS) is 26.9. The van der Waals surface area contributed by atoms with E-state index in [1.807, 2.05) is 4.90 Å². The Balaban J connectivity index is 1.95. The van der Waals surface area contributed by atoms with Gasteiger partial charge in [0, 0.05) is 19.6 Å². The maximum absolute atomic E-state index is 12.5. The van der Waals surface area contributed by atoms with Crippen molar-refractivity contribution in [1.82, 2.24) is 9.80 Å². The summed E-state index contributed by atoms with van der Waals surface area (Å²) in [6.45, 7) is 6.33. The maximum atomic E-state index is 12.5. The van der Waals surface area contributed by atoms with Crippen LogP contribution in [0.2, 0.25) is 0 Å². The molecule has 2 heterocycles. The third-order valence-electron chi connectivity index (χ3n) is 3.87. The largest absolute Gasteiger partial charge is 0.447 e. The molecule has 0 aromatic heterocycles. The van der Waals surface area contributed by atoms with Gasteiger partial charge in [-0.25, -0.2) is 4.79 Å². The predicted molar refractivity (Wildman–Crippen MR) is 76.4 cm³/mol. The molecule has 2 aliphatic rings. The highest BCUT2D eigenvalue weighted by Gasteiger charge is 2.36. The zero-order valence-electron chi connectivity index (χ0n) is 12.8. The second-order valence-corrected chi connectivity index (χ2v) is 5.86. The Labute approximate surface area is 125 Å². The number of nitrogens with two attached hydrogens (primary N) is 1. The van der Waals surface area contributed by atoms with Gasteiger partial charge in [0.15, 0.2) is 0 Å². The van der Waals surface area contributed by atoms with Crippen LogP contribution < -0.4 is 5.73 Å². The van der Waals surface area contributed by atoms with Gasteiger partial charge < -0.3 is 20.1 Å². The van der Waals surface area contributed by atoms with Gasteiger partial charge in [-0.15, -0.1) is 0 Å². The molecule has 2 fully saturated rings. The number of carbonyl (C=O) groups excluding carboxylic acids is 2. The molecule has 120 valence electrons. The Morgan fingerprint density at radius 1 is 1.24 bits per heavy atom. The molecule has 2 N–H and O–H groups in total. The number of amides is 2. The Bertz CT molecular complexity index is 382. The molecule has 2 atom stereocenters. The number of rotatable bonds is 2. The highest BCUT2D eigenvalue weighted by molar-refractivity contribution is 5.80. The second-order valence-electron chi connectivity index (χ2n) is 5.86. The van der Waals surface area contributed by atoms with Gasteiger partial charge in [-0.05, 0) is 26.7 Å². The van der Waals surface area contributed by atoms with E-state index in [4.69, 9.17) is 15.2 Å². The van der Waals surface area contributed by atoms with Crippen LogP contribution in [0.25, 0.3) is 0 Å². The fourth-order valence-corrected chi connectivity index (χ4v) is 2.71. The van der Waals surface area contributed by atoms with Gasteiger partial charge >= 0.3 is 6.09 Å². The van der Waals surface area contributed by atoms with E-state index >= 15 is 0 Å². The van der Waals surface area contributed by atoms with E-state index in [2.05, 4.69) is 0 Å². The van der Waals surface area contributed by atoms with Crippen molar-refractivity contribution in [3.05, 3.63) is 0 Å². The van der Waals surface area contributed by atoms with Crippen molar-refractivity contribution in [3.8, 4) is 0 Å². The molecule has 2 saturated heterocycles. The van der Waals surface area contributed by atoms with Crippen molar-refractivity contribution in [2.24, 2.45) is 11.7 Å². The summed E-state index contributed by atoms with van der Waals surface area (Å²) < 4.78 is 10.5. The molecule has 0 aliphatic carbocycles. The van der Waals surface area contributed by atoms with Crippen molar-refractivity contribution < 1.29 is 19.1 Å². The zero-order chi connectivity index (χ0) is 15.4. The van der Waals surface area contributed by atoms with Crippen LogP contribution in [0.4, 0.5) is 4.79 Å². The molecule has 0 spiro atoms. The first-order valence-electron chi connectivity index (χ1n) is 7.58. The first-order valence-corrected chi connectivity index (χ1v) is 7.58. The molecular formula is C14H25N3O4. The molecule has 2 aliphatic heterocycles. The van der Waals surface area contributed by atoms with Crippen molar-refractivity contribution in [2.75, 3.05) is 32.8 Å². The van der Waals surface area contributed by atoms with Crippen LogP contribution in [-0.2, 0) is 14.3 Å². The summed E-state index contributed by atoms with van der Waals surface area (Å²) in [5, 5.41) is 0. The number of hydrogen-bond acceptors (Lipinski definition) is 5. The average molecular weight is 299 g/mol. The fraction of sp³-hybridized carbons (Fsp3) is 0.857. The van der Waals surface area contributed by atoms with Crippen molar-refractivity contribution in [1.29, 1.82) is 0 Å². The molecule has 0 saturated carbocycles. The number of ether oxygens (including phenoxy) is 2. The van der Waals surface area contributed by atoms with E-state index in [0.29, 0.717) is 45.7 Å². The number of nitrogens with zero attached hydrogens (tertiary/aromatic N) is 2. The molecule has 2 rings (SSSR count). The van der Waals surface area contributed by atoms with E-state index in [-0.39, 0.29) is 24.1 Å². The summed E-state index contributed by atoms with van der Waals surface area (Å²) in [7, 11) is 0. The molecule has 0 aromatic carbocycles. The first kappa shape index (κ1) is 16.0. The van der Waals surface area contributed by atoms with Crippen LogP contribution in [0.5, 0.6) is 0 Å². The number of morpholine rings is 1. The topological polar surface area (TPSA) is 85.1 Å². The van der Waals surface area contributed by atoms with E-state index in [0.717, 1.165) is 0 Å². The maximum Gasteiger partial charge on any atom is 0.411 e. The zero-order valence-corrected chi connectivity index (χ0v) is 12.8. The summed E-state index contributed by atoms with van der Waals surface area (Å²) in [5.74, 6) is -0.102. The molecule has 2 amide bonds. The van der Waals surface area contributed by atoms with Gasteiger partial charge in [0.05, 0.1) is 31.4 Å². The van der Waals surface area contributed by atoms with E-state index in [1.54, 1.807) is 13.8 Å². The Morgan fingerprint density at radius 2 is 1.90 bits per heavy atom. The summed E-state index contributed by atoms with van der Waals surface area (Å²) in [6.07, 6.45) is 0.332. The Hall–Kier alpha value is -1.34. The molecule has 7 heteroatoms. The van der Waals surface area contributed by atoms with Crippen molar-refractivity contribution in [3.63, 3.8) is 0 Å². The highest BCUT2D eigenvalue weighted by Crippen LogP contribution is 2.23. The van der Waals surface area contributed by atoms with Crippen LogP contribution in [0, 0.1) is 5.92 Å². The summed E-state index contributed by atoms with van der Waals surface area (Å²) in [4.78, 5) is 27.8. The minimum atomic E-state index is -0.433. The molecule has 0 radical (unpaired) electrons. The molecule has 0 bridgehead atoms. The lowest BCUT2D eigenvalue weighted by atomic mass is 9.95. The smallest absolute Gasteiger partial charge is 0.411 e. The minimum Gasteiger partial charge on any atom is -0.447 e. The predicted octanol–water partition coefficient (Wildman–Crippen LogP) is 0.387. The van der Waals surface area contributed by atoms with Gasteiger partial charge in [-0.3, -0.25) is 9.69 Å². The van der Waals surface area contributed by atoms with Gasteiger partial charge in [-0.1, -0.05) is 0 Å². The van der Waals surface area contributed by atoms with Gasteiger partial charge in [-0.2, -0.15) is 0 Å². The standard InChI is InChI=1S/C14H25N3O4/c1-10(2)21-14(19)17-9-11(3-4-12(17)15)13(18)16-5-7-20-8-6-16/h10-12H,3-9,15H2,1-2H3. The van der Waals surface area contributed by atoms with E-state index in [9.17, 15) is 9.59 Å². The quantitative estimate of drug-likeness (QED) is 0.797. The minimum absolute atomic E-state index is 0.0903. The average Bonchev–Trinajstić information content (AvgIpc) is 2.47. The lowest BCUT2D eigenvalue weighted by Crippen LogP contribution is -2.55. The Morgan fingerprint density at radius 3 is 2.52 bits per heavy atom. The van der Waals surface area contributed by atoms with Crippen molar-refractivity contribution >= 4 is 12.0 Å². The van der Waals surface area contributed by atoms with E-state index in [1.165, 1.54) is 4.90 Å². The summed E-state index contributed by atoms with van der Waals surface area (Å²) >= 11 is 0. The monoisotopic (exact) mass is 299 g/mol. The SMILES string of the molecule is CC(C)OC(=O)N1CC(C(=O)N2CCOCC2)CCC1N. The first-order chi connectivity index (χ1) is 9.99. The van der Waals surface area contributed by atoms with E-state index < -0.39 is 6.09 Å². The molecule has 7 nitrogen and oxygen atoms in total. The highest BCUT2D eigenvalue weighted by atomic mass is 16.6. The van der Waals surface area contributed by atoms with Crippen LogP contribution in [0.3, 0.4) is 0 Å². The third kappa shape index (κ3) is 4.07. The Kier molecular flexibility index (Phi) is 5.41. The lowest BCUT2D eigenvalue weighted by molar-refractivity contribution is -0.141. The number of hydrogen-bond donors (Lipinski definition) is 1. The number of piperidine rings is 1. The lowest BCUT2D eigenvalue weighted by Gasteiger charge is -2.39. The van der Waals surface area contributed by atoms with Crippen LogP contribution in [0.15, 0.2) is 0 Å². The second kappa shape index (κ2) is 7.09. The number of likely N-dealkylation sites (tertiary alicyclic amines) is 1. The molecular weight excluding hydrogens is 274 g/mol. The summed E-state index contributed by atoms with van der Waals surface area (Å²) in [6, 6.07) is 0. The van der Waals surface area contributed by atoms with Gasteiger partial charge in [0.2, 0.25) is 5.91 Å². The summed E-state index contributed by atoms with van der Waals surface area (Å²) in [5.41, 5.74) is 5.98. The molecule has 0 aromatic rings. The van der Waals surface area contributed by atoms with Crippen LogP contribution in [-0.4, -0.2) is 66.9 Å².